The highest BCUT2D eigenvalue weighted by molar-refractivity contribution is 5.54. The molecule has 0 saturated carbocycles. The van der Waals surface area contributed by atoms with E-state index in [1.54, 1.807) is 0 Å². The maximum Gasteiger partial charge on any atom is 0.256 e. The first-order valence-electron chi connectivity index (χ1n) is 6.14. The van der Waals surface area contributed by atoms with Crippen molar-refractivity contribution in [1.82, 2.24) is 10.1 Å². The summed E-state index contributed by atoms with van der Waals surface area (Å²) in [6, 6.07) is 3.50. The van der Waals surface area contributed by atoms with Gasteiger partial charge in [0.2, 0.25) is 5.82 Å². The molecule has 0 bridgehead atoms. The summed E-state index contributed by atoms with van der Waals surface area (Å²) in [5, 5.41) is 3.78. The molecule has 1 fully saturated rings. The number of hydrogen-bond acceptors (Lipinski definition) is 4. The van der Waals surface area contributed by atoms with Gasteiger partial charge in [0, 0.05) is 12.2 Å². The molecule has 1 aromatic carbocycles. The standard InChI is InChI=1S/C13H12F2N2O2/c14-9-5-4-8(7-10(9)15)12-16-13(19-17-12)11-3-1-2-6-18-11/h4-5,7,11H,1-3,6H2. The minimum absolute atomic E-state index is 0.194. The zero-order chi connectivity index (χ0) is 13.2. The highest BCUT2D eigenvalue weighted by Gasteiger charge is 2.22. The third-order valence-electron chi connectivity index (χ3n) is 3.07. The summed E-state index contributed by atoms with van der Waals surface area (Å²) in [4.78, 5) is 4.18. The van der Waals surface area contributed by atoms with Crippen molar-refractivity contribution in [2.75, 3.05) is 6.61 Å². The van der Waals surface area contributed by atoms with E-state index in [1.807, 2.05) is 0 Å². The minimum atomic E-state index is -0.933. The van der Waals surface area contributed by atoms with Crippen LogP contribution in [-0.4, -0.2) is 16.7 Å². The predicted octanol–water partition coefficient (Wildman–Crippen LogP) is 3.26. The van der Waals surface area contributed by atoms with Gasteiger partial charge in [-0.1, -0.05) is 5.16 Å². The zero-order valence-electron chi connectivity index (χ0n) is 10.1. The molecule has 1 atom stereocenters. The second kappa shape index (κ2) is 5.05. The summed E-state index contributed by atoms with van der Waals surface area (Å²) in [6.07, 6.45) is 2.72. The highest BCUT2D eigenvalue weighted by Crippen LogP contribution is 2.28. The molecule has 4 nitrogen and oxygen atoms in total. The number of ether oxygens (including phenoxy) is 1. The lowest BCUT2D eigenvalue weighted by Gasteiger charge is -2.18. The van der Waals surface area contributed by atoms with Gasteiger partial charge in [-0.15, -0.1) is 0 Å². The summed E-state index contributed by atoms with van der Waals surface area (Å²) in [5.41, 5.74) is 0.379. The van der Waals surface area contributed by atoms with E-state index in [-0.39, 0.29) is 11.9 Å². The first kappa shape index (κ1) is 12.2. The Bertz CT molecular complexity index is 580. The first-order chi connectivity index (χ1) is 9.24. The van der Waals surface area contributed by atoms with Crippen LogP contribution in [0.4, 0.5) is 8.78 Å². The lowest BCUT2D eigenvalue weighted by atomic mass is 10.1. The Morgan fingerprint density at radius 1 is 1.16 bits per heavy atom. The van der Waals surface area contributed by atoms with Crippen LogP contribution in [0.25, 0.3) is 11.4 Å². The normalized spacial score (nSPS) is 19.6. The average molecular weight is 266 g/mol. The van der Waals surface area contributed by atoms with Crippen LogP contribution in [0.2, 0.25) is 0 Å². The second-order valence-corrected chi connectivity index (χ2v) is 4.44. The van der Waals surface area contributed by atoms with Gasteiger partial charge in [0.05, 0.1) is 0 Å². The molecule has 19 heavy (non-hydrogen) atoms. The fourth-order valence-electron chi connectivity index (χ4n) is 2.05. The van der Waals surface area contributed by atoms with E-state index < -0.39 is 11.6 Å². The lowest BCUT2D eigenvalue weighted by Crippen LogP contribution is -2.11. The number of benzene rings is 1. The lowest BCUT2D eigenvalue weighted by molar-refractivity contribution is -0.00459. The number of nitrogens with zero attached hydrogens (tertiary/aromatic N) is 2. The Morgan fingerprint density at radius 3 is 2.79 bits per heavy atom. The number of halogens is 2. The minimum Gasteiger partial charge on any atom is -0.368 e. The highest BCUT2D eigenvalue weighted by atomic mass is 19.2. The van der Waals surface area contributed by atoms with E-state index in [1.165, 1.54) is 6.07 Å². The van der Waals surface area contributed by atoms with Crippen molar-refractivity contribution < 1.29 is 18.0 Å². The summed E-state index contributed by atoms with van der Waals surface area (Å²) >= 11 is 0. The van der Waals surface area contributed by atoms with Gasteiger partial charge in [-0.2, -0.15) is 4.98 Å². The van der Waals surface area contributed by atoms with Crippen molar-refractivity contribution in [2.45, 2.75) is 25.4 Å². The van der Waals surface area contributed by atoms with Gasteiger partial charge in [-0.05, 0) is 37.5 Å². The molecule has 3 rings (SSSR count). The molecule has 6 heteroatoms. The Morgan fingerprint density at radius 2 is 2.05 bits per heavy atom. The summed E-state index contributed by atoms with van der Waals surface area (Å²) in [7, 11) is 0. The molecule has 0 amide bonds. The Balaban J connectivity index is 1.85. The molecular formula is C13H12F2N2O2. The average Bonchev–Trinajstić information content (AvgIpc) is 2.93. The molecular weight excluding hydrogens is 254 g/mol. The van der Waals surface area contributed by atoms with Crippen molar-refractivity contribution >= 4 is 0 Å². The summed E-state index contributed by atoms with van der Waals surface area (Å²) in [5.74, 6) is -1.21. The van der Waals surface area contributed by atoms with Crippen LogP contribution in [-0.2, 0) is 4.74 Å². The van der Waals surface area contributed by atoms with Gasteiger partial charge in [0.15, 0.2) is 11.6 Å². The van der Waals surface area contributed by atoms with Crippen LogP contribution in [0.3, 0.4) is 0 Å². The molecule has 1 unspecified atom stereocenters. The number of rotatable bonds is 2. The van der Waals surface area contributed by atoms with Crippen LogP contribution in [0.5, 0.6) is 0 Å². The molecule has 2 heterocycles. The quantitative estimate of drug-likeness (QED) is 0.837. The van der Waals surface area contributed by atoms with E-state index in [0.717, 1.165) is 31.4 Å². The van der Waals surface area contributed by atoms with Crippen molar-refractivity contribution in [3.63, 3.8) is 0 Å². The van der Waals surface area contributed by atoms with Crippen LogP contribution < -0.4 is 0 Å². The van der Waals surface area contributed by atoms with Gasteiger partial charge in [-0.3, -0.25) is 0 Å². The summed E-state index contributed by atoms with van der Waals surface area (Å²) in [6.45, 7) is 0.674. The zero-order valence-corrected chi connectivity index (χ0v) is 10.1. The molecule has 0 aliphatic carbocycles. The van der Waals surface area contributed by atoms with Gasteiger partial charge in [0.25, 0.3) is 5.89 Å². The third-order valence-corrected chi connectivity index (χ3v) is 3.07. The van der Waals surface area contributed by atoms with Gasteiger partial charge in [0.1, 0.15) is 6.10 Å². The Kier molecular flexibility index (Phi) is 3.25. The molecule has 0 radical (unpaired) electrons. The fraction of sp³-hybridized carbons (Fsp3) is 0.385. The molecule has 1 aliphatic heterocycles. The molecule has 100 valence electrons. The predicted molar refractivity (Wildman–Crippen MR) is 62.2 cm³/mol. The topological polar surface area (TPSA) is 48.2 Å². The number of hydrogen-bond donors (Lipinski definition) is 0. The van der Waals surface area contributed by atoms with Crippen molar-refractivity contribution in [2.24, 2.45) is 0 Å². The van der Waals surface area contributed by atoms with Gasteiger partial charge < -0.3 is 9.26 Å². The molecule has 1 aromatic heterocycles. The van der Waals surface area contributed by atoms with Crippen LogP contribution in [0, 0.1) is 11.6 Å². The molecule has 0 spiro atoms. The van der Waals surface area contributed by atoms with Crippen molar-refractivity contribution in [3.8, 4) is 11.4 Å². The van der Waals surface area contributed by atoms with Crippen LogP contribution in [0.15, 0.2) is 22.7 Å². The van der Waals surface area contributed by atoms with Gasteiger partial charge in [-0.25, -0.2) is 8.78 Å². The largest absolute Gasteiger partial charge is 0.368 e. The fourth-order valence-corrected chi connectivity index (χ4v) is 2.05. The monoisotopic (exact) mass is 266 g/mol. The van der Waals surface area contributed by atoms with E-state index in [0.29, 0.717) is 18.1 Å². The van der Waals surface area contributed by atoms with Crippen LogP contribution in [0.1, 0.15) is 31.3 Å². The molecule has 1 aliphatic rings. The third kappa shape index (κ3) is 2.49. The SMILES string of the molecule is Fc1ccc(-c2noc(C3CCCCO3)n2)cc1F. The first-order valence-corrected chi connectivity index (χ1v) is 6.14. The maximum atomic E-state index is 13.1. The number of aromatic nitrogens is 2. The summed E-state index contributed by atoms with van der Waals surface area (Å²) < 4.78 is 36.6. The van der Waals surface area contributed by atoms with E-state index in [4.69, 9.17) is 9.26 Å². The van der Waals surface area contributed by atoms with E-state index in [2.05, 4.69) is 10.1 Å². The Labute approximate surface area is 108 Å². The molecule has 2 aromatic rings. The van der Waals surface area contributed by atoms with Crippen LogP contribution >= 0.6 is 0 Å². The van der Waals surface area contributed by atoms with Crippen molar-refractivity contribution in [1.29, 1.82) is 0 Å². The second-order valence-electron chi connectivity index (χ2n) is 4.44. The van der Waals surface area contributed by atoms with Gasteiger partial charge >= 0.3 is 0 Å². The smallest absolute Gasteiger partial charge is 0.256 e. The Hall–Kier alpha value is -1.82. The van der Waals surface area contributed by atoms with E-state index in [9.17, 15) is 8.78 Å². The molecule has 1 saturated heterocycles. The molecule has 0 N–H and O–H groups in total. The van der Waals surface area contributed by atoms with E-state index >= 15 is 0 Å². The van der Waals surface area contributed by atoms with Crippen molar-refractivity contribution in [3.05, 3.63) is 35.7 Å². The maximum absolute atomic E-state index is 13.1.